The van der Waals surface area contributed by atoms with Gasteiger partial charge in [-0.15, -0.1) is 0 Å². The Balaban J connectivity index is 3.21. The van der Waals surface area contributed by atoms with Crippen molar-refractivity contribution in [3.8, 4) is 0 Å². The van der Waals surface area contributed by atoms with Crippen LogP contribution in [0, 0.1) is 0 Å². The predicted molar refractivity (Wildman–Crippen MR) is 51.3 cm³/mol. The van der Waals surface area contributed by atoms with Crippen LogP contribution in [-0.4, -0.2) is 52.9 Å². The predicted octanol–water partition coefficient (Wildman–Crippen LogP) is -1.04. The minimum absolute atomic E-state index is 0.000370. The zero-order chi connectivity index (χ0) is 13.1. The average Bonchev–Trinajstić information content (AvgIpc) is 2.25. The summed E-state index contributed by atoms with van der Waals surface area (Å²) in [5.41, 5.74) is 0. The summed E-state index contributed by atoms with van der Waals surface area (Å²) in [6.07, 6.45) is 1.98. The summed E-state index contributed by atoms with van der Waals surface area (Å²) < 4.78 is -3.08. The zero-order valence-corrected chi connectivity index (χ0v) is 8.79. The Kier molecular flexibility index (Phi) is 3.58. The van der Waals surface area contributed by atoms with E-state index >= 15 is 0 Å². The highest BCUT2D eigenvalue weighted by molar-refractivity contribution is 8.02. The number of hydrogen-bond acceptors (Lipinski definition) is 7. The number of aliphatic carboxylic acids is 3. The van der Waals surface area contributed by atoms with Crippen molar-refractivity contribution in [2.45, 2.75) is 9.90 Å². The molecule has 0 aliphatic heterocycles. The summed E-state index contributed by atoms with van der Waals surface area (Å²) in [6.45, 7) is 0. The second-order valence-electron chi connectivity index (χ2n) is 2.62. The molecular weight excluding hydrogens is 254 g/mol. The molecule has 0 aromatic carbocycles. The van der Waals surface area contributed by atoms with E-state index in [0.29, 0.717) is 0 Å². The van der Waals surface area contributed by atoms with Crippen LogP contribution in [0.2, 0.25) is 0 Å². The van der Waals surface area contributed by atoms with E-state index in [9.17, 15) is 14.4 Å². The van der Waals surface area contributed by atoms with Crippen molar-refractivity contribution < 1.29 is 29.7 Å². The number of rotatable bonds is 5. The average molecular weight is 259 g/mol. The van der Waals surface area contributed by atoms with Gasteiger partial charge in [0.15, 0.2) is 5.16 Å². The fraction of sp³-hybridized carbons (Fsp3) is 0.143. The first-order valence-corrected chi connectivity index (χ1v) is 4.74. The Morgan fingerprint density at radius 2 is 1.41 bits per heavy atom. The Morgan fingerprint density at radius 3 is 1.76 bits per heavy atom. The molecule has 10 heteroatoms. The van der Waals surface area contributed by atoms with Crippen LogP contribution in [0.15, 0.2) is 17.8 Å². The molecule has 0 bridgehead atoms. The van der Waals surface area contributed by atoms with Crippen molar-refractivity contribution in [1.82, 2.24) is 15.0 Å². The van der Waals surface area contributed by atoms with Gasteiger partial charge in [-0.05, 0) is 11.8 Å². The van der Waals surface area contributed by atoms with E-state index in [-0.39, 0.29) is 16.9 Å². The van der Waals surface area contributed by atoms with Crippen LogP contribution in [0.5, 0.6) is 0 Å². The first kappa shape index (κ1) is 12.8. The van der Waals surface area contributed by atoms with Gasteiger partial charge < -0.3 is 15.3 Å². The molecule has 1 aromatic rings. The van der Waals surface area contributed by atoms with Crippen molar-refractivity contribution in [3.05, 3.63) is 12.7 Å². The fourth-order valence-corrected chi connectivity index (χ4v) is 1.56. The molecule has 0 radical (unpaired) electrons. The van der Waals surface area contributed by atoms with Gasteiger partial charge in [-0.3, -0.25) is 0 Å². The minimum Gasteiger partial charge on any atom is -0.479 e. The molecule has 0 aliphatic carbocycles. The molecule has 17 heavy (non-hydrogen) atoms. The van der Waals surface area contributed by atoms with Crippen LogP contribution in [-0.2, 0) is 14.4 Å². The Morgan fingerprint density at radius 1 is 1.00 bits per heavy atom. The van der Waals surface area contributed by atoms with Crippen molar-refractivity contribution >= 4 is 29.7 Å². The first-order chi connectivity index (χ1) is 7.91. The van der Waals surface area contributed by atoms with Gasteiger partial charge in [-0.2, -0.15) is 0 Å². The van der Waals surface area contributed by atoms with Crippen molar-refractivity contribution in [3.63, 3.8) is 0 Å². The molecular formula is C7H5N3O6S. The van der Waals surface area contributed by atoms with Gasteiger partial charge in [-0.25, -0.2) is 29.3 Å². The molecule has 0 unspecified atom stereocenters. The van der Waals surface area contributed by atoms with E-state index in [4.69, 9.17) is 15.3 Å². The molecule has 0 fully saturated rings. The third-order valence-electron chi connectivity index (χ3n) is 1.62. The summed E-state index contributed by atoms with van der Waals surface area (Å²) in [4.78, 5) is 42.9. The molecule has 9 nitrogen and oxygen atoms in total. The lowest BCUT2D eigenvalue weighted by atomic mass is 10.1. The van der Waals surface area contributed by atoms with Gasteiger partial charge in [0, 0.05) is 0 Å². The Labute approximate surface area is 97.5 Å². The topological polar surface area (TPSA) is 151 Å². The van der Waals surface area contributed by atoms with Gasteiger partial charge in [0.1, 0.15) is 12.7 Å². The largest absolute Gasteiger partial charge is 0.479 e. The number of carboxylic acids is 3. The van der Waals surface area contributed by atoms with Gasteiger partial charge >= 0.3 is 22.7 Å². The second-order valence-corrected chi connectivity index (χ2v) is 3.80. The lowest BCUT2D eigenvalue weighted by Gasteiger charge is -2.17. The highest BCUT2D eigenvalue weighted by atomic mass is 32.2. The maximum atomic E-state index is 10.9. The molecule has 1 heterocycles. The lowest BCUT2D eigenvalue weighted by Crippen LogP contribution is -2.50. The third-order valence-corrected chi connectivity index (χ3v) is 2.84. The van der Waals surface area contributed by atoms with Gasteiger partial charge in [0.05, 0.1) is 0 Å². The van der Waals surface area contributed by atoms with Gasteiger partial charge in [0.2, 0.25) is 0 Å². The summed E-state index contributed by atoms with van der Waals surface area (Å²) in [5, 5.41) is 26.0. The number of aromatic nitrogens is 3. The third kappa shape index (κ3) is 2.30. The normalized spacial score (nSPS) is 10.8. The summed E-state index contributed by atoms with van der Waals surface area (Å²) in [5.74, 6) is -6.08. The molecule has 0 saturated carbocycles. The smallest absolute Gasteiger partial charge is 0.343 e. The standard InChI is InChI=1S/C7H5N3O6S/c11-3(12)7(4(13)14,5(15)16)17-6-9-1-8-2-10-6/h1-2H,(H,11,12)(H,13,14)(H,15,16). The minimum atomic E-state index is -3.08. The molecule has 0 saturated heterocycles. The van der Waals surface area contributed by atoms with E-state index in [0.717, 1.165) is 12.7 Å². The number of thioether (sulfide) groups is 1. The molecule has 1 rings (SSSR count). The number of carbonyl (C=O) groups is 3. The van der Waals surface area contributed by atoms with Crippen LogP contribution in [0.1, 0.15) is 0 Å². The molecule has 1 aromatic heterocycles. The van der Waals surface area contributed by atoms with Gasteiger partial charge in [-0.1, -0.05) is 0 Å². The van der Waals surface area contributed by atoms with E-state index in [1.807, 2.05) is 0 Å². The molecule has 0 atom stereocenters. The van der Waals surface area contributed by atoms with E-state index in [1.165, 1.54) is 0 Å². The molecule has 3 N–H and O–H groups in total. The van der Waals surface area contributed by atoms with E-state index < -0.39 is 22.7 Å². The van der Waals surface area contributed by atoms with Crippen molar-refractivity contribution in [2.24, 2.45) is 0 Å². The molecule has 0 amide bonds. The Hall–Kier alpha value is -2.23. The fourth-order valence-electron chi connectivity index (χ4n) is 0.824. The van der Waals surface area contributed by atoms with Crippen LogP contribution in [0.3, 0.4) is 0 Å². The number of nitrogens with zero attached hydrogens (tertiary/aromatic N) is 3. The van der Waals surface area contributed by atoms with Gasteiger partial charge in [0.25, 0.3) is 0 Å². The van der Waals surface area contributed by atoms with Crippen LogP contribution >= 0.6 is 11.8 Å². The number of hydrogen-bond donors (Lipinski definition) is 3. The summed E-state index contributed by atoms with van der Waals surface area (Å²) in [6, 6.07) is 0. The maximum Gasteiger partial charge on any atom is 0.343 e. The monoisotopic (exact) mass is 259 g/mol. The summed E-state index contributed by atoms with van der Waals surface area (Å²) in [7, 11) is 0. The molecule has 0 spiro atoms. The van der Waals surface area contributed by atoms with Crippen LogP contribution in [0.25, 0.3) is 0 Å². The van der Waals surface area contributed by atoms with E-state index in [2.05, 4.69) is 15.0 Å². The molecule has 0 aliphatic rings. The SMILES string of the molecule is O=C(O)C(Sc1ncncn1)(C(=O)O)C(=O)O. The number of carboxylic acid groups (broad SMARTS) is 3. The quantitative estimate of drug-likeness (QED) is 0.441. The Bertz CT molecular complexity index is 428. The lowest BCUT2D eigenvalue weighted by molar-refractivity contribution is -0.160. The van der Waals surface area contributed by atoms with Crippen LogP contribution < -0.4 is 0 Å². The summed E-state index contributed by atoms with van der Waals surface area (Å²) >= 11 is -0.000370. The van der Waals surface area contributed by atoms with E-state index in [1.54, 1.807) is 0 Å². The zero-order valence-electron chi connectivity index (χ0n) is 7.97. The maximum absolute atomic E-state index is 10.9. The highest BCUT2D eigenvalue weighted by Crippen LogP contribution is 2.31. The highest BCUT2D eigenvalue weighted by Gasteiger charge is 2.56. The molecule has 90 valence electrons. The first-order valence-electron chi connectivity index (χ1n) is 3.92. The van der Waals surface area contributed by atoms with Crippen molar-refractivity contribution in [1.29, 1.82) is 0 Å². The second kappa shape index (κ2) is 4.74. The van der Waals surface area contributed by atoms with Crippen molar-refractivity contribution in [2.75, 3.05) is 0 Å². The van der Waals surface area contributed by atoms with Crippen LogP contribution in [0.4, 0.5) is 0 Å².